The third kappa shape index (κ3) is 5.95. The van der Waals surface area contributed by atoms with Gasteiger partial charge >= 0.3 is 7.60 Å². The fourth-order valence-corrected chi connectivity index (χ4v) is 0.997. The fourth-order valence-electron chi connectivity index (χ4n) is 0.332. The molecular weight excluding hydrogens is 147 g/mol. The maximum Gasteiger partial charge on any atom is 0.328 e. The van der Waals surface area contributed by atoms with Gasteiger partial charge in [-0.25, -0.2) is 0 Å². The van der Waals surface area contributed by atoms with Crippen LogP contribution >= 0.6 is 7.60 Å². The maximum absolute atomic E-state index is 10.0. The summed E-state index contributed by atoms with van der Waals surface area (Å²) in [6.45, 7) is -0.620. The Kier molecular flexibility index (Phi) is 3.32. The highest BCUT2D eigenvalue weighted by atomic mass is 31.2. The summed E-state index contributed by atoms with van der Waals surface area (Å²) in [7, 11) is -4.15. The highest BCUT2D eigenvalue weighted by molar-refractivity contribution is 7.51. The molecule has 6 heteroatoms. The third-order valence-electron chi connectivity index (χ3n) is 0.659. The van der Waals surface area contributed by atoms with Gasteiger partial charge in [-0.05, 0) is 0 Å². The van der Waals surface area contributed by atoms with Crippen molar-refractivity contribution in [2.75, 3.05) is 12.8 Å². The van der Waals surface area contributed by atoms with Crippen molar-refractivity contribution >= 4 is 7.60 Å². The summed E-state index contributed by atoms with van der Waals surface area (Å²) in [5.74, 6) is 0. The smallest absolute Gasteiger partial charge is 0.328 e. The fraction of sp³-hybridized carbons (Fsp3) is 1.00. The van der Waals surface area contributed by atoms with Crippen molar-refractivity contribution in [3.8, 4) is 0 Å². The number of hydrogen-bond donors (Lipinski definition) is 4. The number of rotatable bonds is 3. The number of aliphatic hydroxyl groups excluding tert-OH is 2. The largest absolute Gasteiger partial charge is 0.394 e. The number of hydrogen-bond acceptors (Lipinski definition) is 3. The Hall–Kier alpha value is 0.0700. The highest BCUT2D eigenvalue weighted by Gasteiger charge is 2.18. The van der Waals surface area contributed by atoms with E-state index in [0.717, 1.165) is 0 Å². The van der Waals surface area contributed by atoms with Crippen LogP contribution in [0, 0.1) is 0 Å². The van der Waals surface area contributed by atoms with E-state index in [2.05, 4.69) is 0 Å². The lowest BCUT2D eigenvalue weighted by Gasteiger charge is -2.06. The molecule has 0 saturated carbocycles. The van der Waals surface area contributed by atoms with Gasteiger partial charge in [-0.15, -0.1) is 0 Å². The van der Waals surface area contributed by atoms with Crippen LogP contribution < -0.4 is 0 Å². The Morgan fingerprint density at radius 1 is 1.44 bits per heavy atom. The van der Waals surface area contributed by atoms with Crippen molar-refractivity contribution in [1.82, 2.24) is 0 Å². The van der Waals surface area contributed by atoms with Crippen LogP contribution in [0.1, 0.15) is 0 Å². The molecule has 0 rings (SSSR count). The van der Waals surface area contributed by atoms with Crippen LogP contribution in [0.15, 0.2) is 0 Å². The third-order valence-corrected chi connectivity index (χ3v) is 1.56. The first kappa shape index (κ1) is 9.07. The van der Waals surface area contributed by atoms with E-state index in [1.54, 1.807) is 0 Å². The summed E-state index contributed by atoms with van der Waals surface area (Å²) in [4.78, 5) is 16.3. The van der Waals surface area contributed by atoms with Gasteiger partial charge in [-0.3, -0.25) is 4.57 Å². The highest BCUT2D eigenvalue weighted by Crippen LogP contribution is 2.34. The Morgan fingerprint density at radius 3 is 2.00 bits per heavy atom. The monoisotopic (exact) mass is 156 g/mol. The van der Waals surface area contributed by atoms with Crippen LogP contribution in [-0.2, 0) is 4.57 Å². The molecule has 0 amide bonds. The Labute approximate surface area is 52.1 Å². The Morgan fingerprint density at radius 2 is 1.89 bits per heavy atom. The molecule has 0 aromatic rings. The topological polar surface area (TPSA) is 98.0 Å². The van der Waals surface area contributed by atoms with Gasteiger partial charge in [0.15, 0.2) is 0 Å². The molecule has 56 valence electrons. The predicted octanol–water partition coefficient (Wildman–Crippen LogP) is -1.48. The summed E-state index contributed by atoms with van der Waals surface area (Å²) in [6.07, 6.45) is -1.99. The molecule has 1 unspecified atom stereocenters. The average molecular weight is 156 g/mol. The zero-order valence-corrected chi connectivity index (χ0v) is 5.53. The molecule has 0 aliphatic carbocycles. The van der Waals surface area contributed by atoms with Crippen LogP contribution in [-0.4, -0.2) is 38.9 Å². The van der Waals surface area contributed by atoms with Crippen molar-refractivity contribution in [3.05, 3.63) is 0 Å². The van der Waals surface area contributed by atoms with Crippen LogP contribution in [0.4, 0.5) is 0 Å². The van der Waals surface area contributed by atoms with E-state index in [0.29, 0.717) is 0 Å². The molecule has 0 bridgehead atoms. The van der Waals surface area contributed by atoms with Gasteiger partial charge in [-0.2, -0.15) is 0 Å². The van der Waals surface area contributed by atoms with Crippen molar-refractivity contribution in [2.45, 2.75) is 6.10 Å². The zero-order chi connectivity index (χ0) is 7.49. The molecule has 0 aliphatic heterocycles. The minimum atomic E-state index is -4.15. The molecule has 0 saturated heterocycles. The van der Waals surface area contributed by atoms with E-state index in [4.69, 9.17) is 20.0 Å². The van der Waals surface area contributed by atoms with Crippen molar-refractivity contribution < 1.29 is 24.6 Å². The minimum Gasteiger partial charge on any atom is -0.394 e. The normalized spacial score (nSPS) is 15.6. The minimum absolute atomic E-state index is 0.620. The standard InChI is InChI=1S/C3H9O5P/c4-1-3(5)2-9(6,7)8/h3-5H,1-2H2,(H2,6,7,8). The molecule has 0 aromatic carbocycles. The molecule has 1 atom stereocenters. The molecule has 9 heavy (non-hydrogen) atoms. The second kappa shape index (κ2) is 3.29. The van der Waals surface area contributed by atoms with E-state index in [1.807, 2.05) is 0 Å². The SMILES string of the molecule is O=P(O)(O)CC(O)CO. The molecular formula is C3H9O5P. The molecule has 0 fully saturated rings. The van der Waals surface area contributed by atoms with Gasteiger partial charge in [-0.1, -0.05) is 0 Å². The molecule has 0 heterocycles. The van der Waals surface area contributed by atoms with E-state index in [1.165, 1.54) is 0 Å². The van der Waals surface area contributed by atoms with Crippen molar-refractivity contribution in [3.63, 3.8) is 0 Å². The van der Waals surface area contributed by atoms with E-state index in [9.17, 15) is 4.57 Å². The van der Waals surface area contributed by atoms with E-state index in [-0.39, 0.29) is 0 Å². The lowest BCUT2D eigenvalue weighted by Crippen LogP contribution is -2.16. The molecule has 4 N–H and O–H groups in total. The van der Waals surface area contributed by atoms with E-state index < -0.39 is 26.5 Å². The van der Waals surface area contributed by atoms with Crippen LogP contribution in [0.2, 0.25) is 0 Å². The Bertz CT molecular complexity index is 117. The summed E-state index contributed by atoms with van der Waals surface area (Å²) in [6, 6.07) is 0. The first-order valence-corrected chi connectivity index (χ1v) is 4.09. The van der Waals surface area contributed by atoms with Gasteiger partial charge in [0, 0.05) is 0 Å². The van der Waals surface area contributed by atoms with Gasteiger partial charge in [0.1, 0.15) is 0 Å². The van der Waals surface area contributed by atoms with Gasteiger partial charge in [0.05, 0.1) is 18.9 Å². The predicted molar refractivity (Wildman–Crippen MR) is 30.0 cm³/mol. The van der Waals surface area contributed by atoms with Crippen LogP contribution in [0.5, 0.6) is 0 Å². The summed E-state index contributed by atoms with van der Waals surface area (Å²) < 4.78 is 10.0. The first-order chi connectivity index (χ1) is 3.95. The molecule has 5 nitrogen and oxygen atoms in total. The maximum atomic E-state index is 10.0. The average Bonchev–Trinajstić information content (AvgIpc) is 1.62. The quantitative estimate of drug-likeness (QED) is 0.373. The summed E-state index contributed by atoms with van der Waals surface area (Å²) in [5.41, 5.74) is 0. The lowest BCUT2D eigenvalue weighted by atomic mass is 10.4. The molecule has 0 spiro atoms. The van der Waals surface area contributed by atoms with Gasteiger partial charge < -0.3 is 20.0 Å². The zero-order valence-electron chi connectivity index (χ0n) is 4.64. The molecule has 0 aromatic heterocycles. The molecule has 0 radical (unpaired) electrons. The summed E-state index contributed by atoms with van der Waals surface area (Å²) in [5, 5.41) is 16.6. The van der Waals surface area contributed by atoms with E-state index >= 15 is 0 Å². The second-order valence-electron chi connectivity index (χ2n) is 1.68. The second-order valence-corrected chi connectivity index (χ2v) is 3.38. The summed E-state index contributed by atoms with van der Waals surface area (Å²) >= 11 is 0. The van der Waals surface area contributed by atoms with Crippen molar-refractivity contribution in [2.24, 2.45) is 0 Å². The Balaban J connectivity index is 3.60. The first-order valence-electron chi connectivity index (χ1n) is 2.29. The van der Waals surface area contributed by atoms with Gasteiger partial charge in [0.2, 0.25) is 0 Å². The van der Waals surface area contributed by atoms with Crippen LogP contribution in [0.25, 0.3) is 0 Å². The van der Waals surface area contributed by atoms with Crippen molar-refractivity contribution in [1.29, 1.82) is 0 Å². The van der Waals surface area contributed by atoms with Crippen LogP contribution in [0.3, 0.4) is 0 Å². The molecule has 0 aliphatic rings. The number of aliphatic hydroxyl groups is 2. The van der Waals surface area contributed by atoms with Gasteiger partial charge in [0.25, 0.3) is 0 Å². The lowest BCUT2D eigenvalue weighted by molar-refractivity contribution is 0.108.